The number of aromatic nitrogens is 3. The van der Waals surface area contributed by atoms with Crippen LogP contribution in [-0.4, -0.2) is 26.3 Å². The van der Waals surface area contributed by atoms with Crippen LogP contribution in [0.1, 0.15) is 32.2 Å². The van der Waals surface area contributed by atoms with Crippen LogP contribution in [-0.2, 0) is 6.54 Å². The summed E-state index contributed by atoms with van der Waals surface area (Å²) in [5.74, 6) is 0.327. The highest BCUT2D eigenvalue weighted by molar-refractivity contribution is 6.06. The van der Waals surface area contributed by atoms with Crippen LogP contribution in [0.15, 0.2) is 97.2 Å². The normalized spacial score (nSPS) is 10.8. The van der Waals surface area contributed by atoms with Crippen LogP contribution in [0.25, 0.3) is 16.7 Å². The summed E-state index contributed by atoms with van der Waals surface area (Å²) in [6, 6.07) is 27.8. The molecule has 0 saturated carbocycles. The number of anilines is 1. The average molecular weight is 462 g/mol. The molecule has 2 aromatic heterocycles. The van der Waals surface area contributed by atoms with E-state index in [-0.39, 0.29) is 11.8 Å². The van der Waals surface area contributed by atoms with Gasteiger partial charge in [0.05, 0.1) is 23.3 Å². The van der Waals surface area contributed by atoms with Gasteiger partial charge in [-0.3, -0.25) is 19.1 Å². The molecule has 0 atom stereocenters. The third kappa shape index (κ3) is 4.79. The van der Waals surface area contributed by atoms with Crippen molar-refractivity contribution in [1.29, 1.82) is 0 Å². The third-order valence-corrected chi connectivity index (χ3v) is 5.64. The number of pyridine rings is 1. The summed E-state index contributed by atoms with van der Waals surface area (Å²) in [5.41, 5.74) is 4.92. The maximum atomic E-state index is 13.0. The predicted molar refractivity (Wildman–Crippen MR) is 136 cm³/mol. The van der Waals surface area contributed by atoms with Crippen molar-refractivity contribution in [3.05, 3.63) is 120 Å². The molecular formula is C28H23N5O2. The number of hydrogen-bond donors (Lipinski definition) is 2. The minimum atomic E-state index is -0.273. The van der Waals surface area contributed by atoms with Gasteiger partial charge in [-0.15, -0.1) is 0 Å². The molecule has 2 heterocycles. The molecule has 2 amide bonds. The third-order valence-electron chi connectivity index (χ3n) is 5.64. The summed E-state index contributed by atoms with van der Waals surface area (Å²) in [5, 5.41) is 5.72. The first-order valence-electron chi connectivity index (χ1n) is 11.2. The molecule has 0 aliphatic heterocycles. The first-order chi connectivity index (χ1) is 17.1. The number of imidazole rings is 1. The monoisotopic (exact) mass is 461 g/mol. The lowest BCUT2D eigenvalue weighted by Crippen LogP contribution is -2.23. The Hall–Kier alpha value is -4.78. The Morgan fingerprint density at radius 1 is 0.829 bits per heavy atom. The molecule has 172 valence electrons. The molecule has 0 spiro atoms. The van der Waals surface area contributed by atoms with Crippen molar-refractivity contribution in [3.63, 3.8) is 0 Å². The van der Waals surface area contributed by atoms with E-state index in [0.717, 1.165) is 28.2 Å². The fourth-order valence-electron chi connectivity index (χ4n) is 3.96. The van der Waals surface area contributed by atoms with Crippen LogP contribution in [0.4, 0.5) is 5.69 Å². The molecule has 0 radical (unpaired) electrons. The summed E-state index contributed by atoms with van der Waals surface area (Å²) in [6.07, 6.45) is 1.68. The average Bonchev–Trinajstić information content (AvgIpc) is 3.23. The molecule has 0 unspecified atom stereocenters. The van der Waals surface area contributed by atoms with Gasteiger partial charge in [-0.05, 0) is 67.6 Å². The Labute approximate surface area is 202 Å². The number of carbonyl (C=O) groups is 2. The molecule has 2 N–H and O–H groups in total. The lowest BCUT2D eigenvalue weighted by molar-refractivity contribution is 0.0949. The van der Waals surface area contributed by atoms with Crippen LogP contribution in [0.2, 0.25) is 0 Å². The highest BCUT2D eigenvalue weighted by atomic mass is 16.2. The molecule has 0 aliphatic rings. The van der Waals surface area contributed by atoms with Gasteiger partial charge in [0.2, 0.25) is 0 Å². The van der Waals surface area contributed by atoms with Crippen LogP contribution in [0.3, 0.4) is 0 Å². The second-order valence-electron chi connectivity index (χ2n) is 8.07. The molecule has 0 fully saturated rings. The van der Waals surface area contributed by atoms with E-state index >= 15 is 0 Å². The van der Waals surface area contributed by atoms with Gasteiger partial charge < -0.3 is 10.6 Å². The van der Waals surface area contributed by atoms with Crippen molar-refractivity contribution in [2.24, 2.45) is 0 Å². The van der Waals surface area contributed by atoms with Crippen molar-refractivity contribution in [1.82, 2.24) is 19.9 Å². The summed E-state index contributed by atoms with van der Waals surface area (Å²) < 4.78 is 2.06. The van der Waals surface area contributed by atoms with Crippen molar-refractivity contribution >= 4 is 28.5 Å². The van der Waals surface area contributed by atoms with Gasteiger partial charge in [0.1, 0.15) is 5.82 Å². The Balaban J connectivity index is 1.31. The van der Waals surface area contributed by atoms with E-state index in [4.69, 9.17) is 0 Å². The van der Waals surface area contributed by atoms with E-state index in [1.807, 2.05) is 61.5 Å². The molecule has 35 heavy (non-hydrogen) atoms. The van der Waals surface area contributed by atoms with Crippen LogP contribution in [0, 0.1) is 6.92 Å². The van der Waals surface area contributed by atoms with E-state index in [1.54, 1.807) is 42.6 Å². The SMILES string of the molecule is Cc1nc2cc(C(=O)Nc3cccc(C(=O)NCc4ccccn4)c3)ccc2n1-c1ccccc1. The van der Waals surface area contributed by atoms with E-state index in [2.05, 4.69) is 25.2 Å². The molecule has 5 rings (SSSR count). The first-order valence-corrected chi connectivity index (χ1v) is 11.2. The van der Waals surface area contributed by atoms with Gasteiger partial charge in [-0.2, -0.15) is 0 Å². The topological polar surface area (TPSA) is 88.9 Å². The van der Waals surface area contributed by atoms with Gasteiger partial charge in [0.25, 0.3) is 11.8 Å². The number of hydrogen-bond acceptors (Lipinski definition) is 4. The van der Waals surface area contributed by atoms with E-state index in [9.17, 15) is 9.59 Å². The Kier molecular flexibility index (Phi) is 6.05. The van der Waals surface area contributed by atoms with Crippen LogP contribution in [0.5, 0.6) is 0 Å². The number of para-hydroxylation sites is 1. The van der Waals surface area contributed by atoms with E-state index in [1.165, 1.54) is 0 Å². The number of rotatable bonds is 6. The standard InChI is InChI=1S/C28H23N5O2/c1-19-31-25-17-21(13-14-26(25)33(19)24-11-3-2-4-12-24)28(35)32-22-10-7-8-20(16-22)27(34)30-18-23-9-5-6-15-29-23/h2-17H,18H2,1H3,(H,30,34)(H,32,35). The zero-order valence-electron chi connectivity index (χ0n) is 19.1. The van der Waals surface area contributed by atoms with Gasteiger partial charge in [-0.1, -0.05) is 30.3 Å². The Bertz CT molecular complexity index is 1510. The number of aryl methyl sites for hydroxylation is 1. The molecule has 0 bridgehead atoms. The largest absolute Gasteiger partial charge is 0.346 e. The highest BCUT2D eigenvalue weighted by Gasteiger charge is 2.14. The molecule has 0 aliphatic carbocycles. The molecular weight excluding hydrogens is 438 g/mol. The molecule has 7 nitrogen and oxygen atoms in total. The number of nitrogens with one attached hydrogen (secondary N) is 2. The Morgan fingerprint density at radius 3 is 2.43 bits per heavy atom. The minimum Gasteiger partial charge on any atom is -0.346 e. The van der Waals surface area contributed by atoms with Gasteiger partial charge >= 0.3 is 0 Å². The lowest BCUT2D eigenvalue weighted by atomic mass is 10.1. The van der Waals surface area contributed by atoms with Gasteiger partial charge in [0, 0.05) is 28.7 Å². The van der Waals surface area contributed by atoms with Gasteiger partial charge in [0.15, 0.2) is 0 Å². The molecule has 0 saturated heterocycles. The minimum absolute atomic E-state index is 0.241. The smallest absolute Gasteiger partial charge is 0.255 e. The zero-order chi connectivity index (χ0) is 24.2. The van der Waals surface area contributed by atoms with Gasteiger partial charge in [-0.25, -0.2) is 4.98 Å². The van der Waals surface area contributed by atoms with E-state index < -0.39 is 0 Å². The quantitative estimate of drug-likeness (QED) is 0.376. The van der Waals surface area contributed by atoms with Crippen molar-refractivity contribution in [2.75, 3.05) is 5.32 Å². The maximum absolute atomic E-state index is 13.0. The molecule has 7 heteroatoms. The second kappa shape index (κ2) is 9.61. The number of nitrogens with zero attached hydrogens (tertiary/aromatic N) is 3. The number of benzene rings is 3. The summed E-state index contributed by atoms with van der Waals surface area (Å²) in [6.45, 7) is 2.27. The van der Waals surface area contributed by atoms with Crippen molar-refractivity contribution in [2.45, 2.75) is 13.5 Å². The summed E-state index contributed by atoms with van der Waals surface area (Å²) >= 11 is 0. The van der Waals surface area contributed by atoms with Crippen molar-refractivity contribution in [3.8, 4) is 5.69 Å². The lowest BCUT2D eigenvalue weighted by Gasteiger charge is -2.09. The number of amides is 2. The Morgan fingerprint density at radius 2 is 1.63 bits per heavy atom. The predicted octanol–water partition coefficient (Wildman–Crippen LogP) is 4.91. The number of carbonyl (C=O) groups excluding carboxylic acids is 2. The van der Waals surface area contributed by atoms with Crippen LogP contribution < -0.4 is 10.6 Å². The first kappa shape index (κ1) is 22.0. The number of fused-ring (bicyclic) bond motifs is 1. The summed E-state index contributed by atoms with van der Waals surface area (Å²) in [7, 11) is 0. The molecule has 3 aromatic carbocycles. The highest BCUT2D eigenvalue weighted by Crippen LogP contribution is 2.23. The fourth-order valence-corrected chi connectivity index (χ4v) is 3.96. The maximum Gasteiger partial charge on any atom is 0.255 e. The zero-order valence-corrected chi connectivity index (χ0v) is 19.1. The van der Waals surface area contributed by atoms with Crippen molar-refractivity contribution < 1.29 is 9.59 Å². The molecule has 5 aromatic rings. The second-order valence-corrected chi connectivity index (χ2v) is 8.07. The van der Waals surface area contributed by atoms with Crippen LogP contribution >= 0.6 is 0 Å². The fraction of sp³-hybridized carbons (Fsp3) is 0.0714. The van der Waals surface area contributed by atoms with E-state index in [0.29, 0.717) is 23.4 Å². The summed E-state index contributed by atoms with van der Waals surface area (Å²) in [4.78, 5) is 34.4.